The monoisotopic (exact) mass is 305 g/mol. The second kappa shape index (κ2) is 7.79. The topological polar surface area (TPSA) is 61.9 Å². The van der Waals surface area contributed by atoms with Gasteiger partial charge in [-0.3, -0.25) is 14.5 Å². The predicted molar refractivity (Wildman–Crippen MR) is 83.8 cm³/mol. The quantitative estimate of drug-likeness (QED) is 0.819. The Labute approximate surface area is 131 Å². The molecule has 0 saturated carbocycles. The normalized spacial score (nSPS) is 14.9. The van der Waals surface area contributed by atoms with Gasteiger partial charge in [-0.1, -0.05) is 17.7 Å². The molecule has 22 heavy (non-hydrogen) atoms. The predicted octanol–water partition coefficient (Wildman–Crippen LogP) is 0.264. The number of hydrogen-bond acceptors (Lipinski definition) is 4. The third-order valence-corrected chi connectivity index (χ3v) is 3.56. The van der Waals surface area contributed by atoms with Gasteiger partial charge in [0, 0.05) is 19.6 Å². The Kier molecular flexibility index (Phi) is 5.77. The molecule has 1 saturated heterocycles. The van der Waals surface area contributed by atoms with E-state index in [4.69, 9.17) is 4.74 Å². The van der Waals surface area contributed by atoms with E-state index in [-0.39, 0.29) is 18.4 Å². The Balaban J connectivity index is 1.68. The van der Waals surface area contributed by atoms with Gasteiger partial charge in [-0.25, -0.2) is 0 Å². The number of likely N-dealkylation sites (N-methyl/N-ethyl adjacent to an activating group) is 1. The Bertz CT molecular complexity index is 516. The first-order valence-corrected chi connectivity index (χ1v) is 7.47. The number of piperazine rings is 1. The van der Waals surface area contributed by atoms with E-state index in [0.717, 1.165) is 5.75 Å². The number of ether oxygens (including phenoxy) is 1. The van der Waals surface area contributed by atoms with Gasteiger partial charge in [0.15, 0.2) is 0 Å². The van der Waals surface area contributed by atoms with Gasteiger partial charge in [0.25, 0.3) is 0 Å². The van der Waals surface area contributed by atoms with E-state index >= 15 is 0 Å². The molecule has 0 aromatic heterocycles. The van der Waals surface area contributed by atoms with Crippen molar-refractivity contribution in [3.8, 4) is 5.75 Å². The maximum Gasteiger partial charge on any atom is 0.239 e. The average Bonchev–Trinajstić information content (AvgIpc) is 2.49. The first-order valence-electron chi connectivity index (χ1n) is 7.47. The molecule has 1 heterocycles. The molecule has 1 aromatic rings. The van der Waals surface area contributed by atoms with Gasteiger partial charge >= 0.3 is 0 Å². The van der Waals surface area contributed by atoms with Gasteiger partial charge in [-0.15, -0.1) is 0 Å². The lowest BCUT2D eigenvalue weighted by molar-refractivity contribution is -0.138. The average molecular weight is 305 g/mol. The molecule has 2 rings (SSSR count). The zero-order valence-electron chi connectivity index (χ0n) is 13.2. The summed E-state index contributed by atoms with van der Waals surface area (Å²) in [5.41, 5.74) is 1.20. The second-order valence-corrected chi connectivity index (χ2v) is 5.56. The van der Waals surface area contributed by atoms with Crippen LogP contribution in [0.4, 0.5) is 0 Å². The Morgan fingerprint density at radius 2 is 2.09 bits per heavy atom. The summed E-state index contributed by atoms with van der Waals surface area (Å²) >= 11 is 0. The van der Waals surface area contributed by atoms with Crippen LogP contribution in [0, 0.1) is 6.92 Å². The number of carbonyl (C=O) groups excluding carboxylic acids is 2. The number of hydrogen-bond donors (Lipinski definition) is 1. The van der Waals surface area contributed by atoms with Crippen molar-refractivity contribution in [2.45, 2.75) is 6.92 Å². The number of carbonyl (C=O) groups is 2. The molecule has 1 aliphatic heterocycles. The lowest BCUT2D eigenvalue weighted by Gasteiger charge is -2.28. The number of amides is 2. The van der Waals surface area contributed by atoms with Crippen molar-refractivity contribution in [3.05, 3.63) is 29.8 Å². The zero-order chi connectivity index (χ0) is 15.9. The summed E-state index contributed by atoms with van der Waals surface area (Å²) in [6.07, 6.45) is 0. The molecule has 0 unspecified atom stereocenters. The molecule has 0 aliphatic carbocycles. The Hall–Kier alpha value is -2.08. The third kappa shape index (κ3) is 5.04. The number of nitrogens with zero attached hydrogens (tertiary/aromatic N) is 2. The summed E-state index contributed by atoms with van der Waals surface area (Å²) in [5, 5.41) is 2.71. The number of aryl methyl sites for hydroxylation is 1. The van der Waals surface area contributed by atoms with Crippen LogP contribution in [-0.2, 0) is 9.59 Å². The van der Waals surface area contributed by atoms with Crippen LogP contribution < -0.4 is 10.1 Å². The van der Waals surface area contributed by atoms with Crippen LogP contribution in [0.5, 0.6) is 5.75 Å². The van der Waals surface area contributed by atoms with Crippen molar-refractivity contribution < 1.29 is 14.3 Å². The van der Waals surface area contributed by atoms with Crippen LogP contribution in [0.15, 0.2) is 24.3 Å². The number of nitrogens with one attached hydrogen (secondary N) is 1. The van der Waals surface area contributed by atoms with E-state index in [1.807, 2.05) is 43.1 Å². The lowest BCUT2D eigenvalue weighted by atomic mass is 10.2. The molecule has 1 aliphatic rings. The van der Waals surface area contributed by atoms with Crippen LogP contribution in [0.2, 0.25) is 0 Å². The van der Waals surface area contributed by atoms with E-state index in [1.54, 1.807) is 4.90 Å². The highest BCUT2D eigenvalue weighted by Gasteiger charge is 2.21. The fourth-order valence-corrected chi connectivity index (χ4v) is 2.22. The van der Waals surface area contributed by atoms with Gasteiger partial charge in [-0.05, 0) is 26.1 Å². The molecular formula is C16H23N3O3. The highest BCUT2D eigenvalue weighted by atomic mass is 16.5. The van der Waals surface area contributed by atoms with Crippen molar-refractivity contribution >= 4 is 11.8 Å². The molecular weight excluding hydrogens is 282 g/mol. The molecule has 0 bridgehead atoms. The van der Waals surface area contributed by atoms with Gasteiger partial charge in [0.05, 0.1) is 13.1 Å². The van der Waals surface area contributed by atoms with Gasteiger partial charge in [-0.2, -0.15) is 0 Å². The molecule has 6 heteroatoms. The first kappa shape index (κ1) is 16.3. The van der Waals surface area contributed by atoms with Gasteiger partial charge < -0.3 is 15.0 Å². The summed E-state index contributed by atoms with van der Waals surface area (Å²) in [6.45, 7) is 4.77. The molecule has 1 aromatic carbocycles. The van der Waals surface area contributed by atoms with Crippen molar-refractivity contribution in [1.29, 1.82) is 0 Å². The van der Waals surface area contributed by atoms with Crippen LogP contribution in [-0.4, -0.2) is 68.0 Å². The van der Waals surface area contributed by atoms with Gasteiger partial charge in [0.1, 0.15) is 12.4 Å². The van der Waals surface area contributed by atoms with Crippen molar-refractivity contribution in [2.24, 2.45) is 0 Å². The van der Waals surface area contributed by atoms with Crippen LogP contribution in [0.3, 0.4) is 0 Å². The maximum absolute atomic E-state index is 12.1. The highest BCUT2D eigenvalue weighted by Crippen LogP contribution is 2.11. The lowest BCUT2D eigenvalue weighted by Crippen LogP contribution is -2.52. The molecule has 0 radical (unpaired) electrons. The highest BCUT2D eigenvalue weighted by molar-refractivity contribution is 5.86. The SMILES string of the molecule is Cc1ccc(OCCN(C)CC(=O)N2CCNC(=O)C2)cc1. The third-order valence-electron chi connectivity index (χ3n) is 3.56. The number of benzene rings is 1. The van der Waals surface area contributed by atoms with Gasteiger partial charge in [0.2, 0.25) is 11.8 Å². The van der Waals surface area contributed by atoms with Crippen molar-refractivity contribution in [3.63, 3.8) is 0 Å². The minimum Gasteiger partial charge on any atom is -0.492 e. The van der Waals surface area contributed by atoms with Crippen LogP contribution >= 0.6 is 0 Å². The summed E-state index contributed by atoms with van der Waals surface area (Å²) in [7, 11) is 1.88. The smallest absolute Gasteiger partial charge is 0.239 e. The molecule has 0 spiro atoms. The fraction of sp³-hybridized carbons (Fsp3) is 0.500. The standard InChI is InChI=1S/C16H23N3O3/c1-13-3-5-14(6-4-13)22-10-9-18(2)12-16(21)19-8-7-17-15(20)11-19/h3-6H,7-12H2,1-2H3,(H,17,20). The van der Waals surface area contributed by atoms with Crippen LogP contribution in [0.1, 0.15) is 5.56 Å². The largest absolute Gasteiger partial charge is 0.492 e. The summed E-state index contributed by atoms with van der Waals surface area (Å²) in [5.74, 6) is 0.718. The summed E-state index contributed by atoms with van der Waals surface area (Å²) in [6, 6.07) is 7.88. The Morgan fingerprint density at radius 1 is 1.36 bits per heavy atom. The number of rotatable bonds is 6. The first-order chi connectivity index (χ1) is 10.5. The fourth-order valence-electron chi connectivity index (χ4n) is 2.22. The maximum atomic E-state index is 12.1. The summed E-state index contributed by atoms with van der Waals surface area (Å²) < 4.78 is 5.65. The summed E-state index contributed by atoms with van der Waals surface area (Å²) in [4.78, 5) is 26.9. The minimum absolute atomic E-state index is 0.0207. The zero-order valence-corrected chi connectivity index (χ0v) is 13.2. The molecule has 1 fully saturated rings. The van der Waals surface area contributed by atoms with E-state index in [2.05, 4.69) is 5.32 Å². The molecule has 6 nitrogen and oxygen atoms in total. The molecule has 0 atom stereocenters. The van der Waals surface area contributed by atoms with E-state index in [0.29, 0.717) is 32.8 Å². The Morgan fingerprint density at radius 3 is 2.77 bits per heavy atom. The minimum atomic E-state index is -0.0926. The van der Waals surface area contributed by atoms with Crippen molar-refractivity contribution in [2.75, 3.05) is 46.4 Å². The molecule has 2 amide bonds. The molecule has 120 valence electrons. The molecule has 1 N–H and O–H groups in total. The van der Waals surface area contributed by atoms with Crippen molar-refractivity contribution in [1.82, 2.24) is 15.1 Å². The van der Waals surface area contributed by atoms with E-state index in [1.165, 1.54) is 5.56 Å². The van der Waals surface area contributed by atoms with E-state index in [9.17, 15) is 9.59 Å². The van der Waals surface area contributed by atoms with Crippen LogP contribution in [0.25, 0.3) is 0 Å². The van der Waals surface area contributed by atoms with E-state index < -0.39 is 0 Å². The second-order valence-electron chi connectivity index (χ2n) is 5.56.